The minimum absolute atomic E-state index is 0.0618. The molecule has 2 aromatic rings. The van der Waals surface area contributed by atoms with Gasteiger partial charge in [0.15, 0.2) is 0 Å². The van der Waals surface area contributed by atoms with Gasteiger partial charge in [0.05, 0.1) is 30.6 Å². The van der Waals surface area contributed by atoms with Crippen LogP contribution >= 0.6 is 0 Å². The Morgan fingerprint density at radius 2 is 2.00 bits per heavy atom. The average molecular weight is 269 g/mol. The lowest BCUT2D eigenvalue weighted by atomic mass is 9.98. The molecule has 5 heteroatoms. The lowest BCUT2D eigenvalue weighted by Crippen LogP contribution is -2.18. The molecule has 0 fully saturated rings. The molecule has 2 aromatic heterocycles. The van der Waals surface area contributed by atoms with Gasteiger partial charge >= 0.3 is 0 Å². The zero-order chi connectivity index (χ0) is 14.3. The highest BCUT2D eigenvalue weighted by molar-refractivity contribution is 6.02. The van der Waals surface area contributed by atoms with Crippen molar-refractivity contribution in [3.05, 3.63) is 35.9 Å². The van der Waals surface area contributed by atoms with Crippen molar-refractivity contribution >= 4 is 11.6 Å². The molecule has 0 saturated heterocycles. The molecule has 0 aromatic carbocycles. The molecular formula is C15H15N3O2. The van der Waals surface area contributed by atoms with Crippen molar-refractivity contribution in [2.24, 2.45) is 0 Å². The van der Waals surface area contributed by atoms with Gasteiger partial charge in [-0.1, -0.05) is 0 Å². The number of amides is 1. The van der Waals surface area contributed by atoms with Gasteiger partial charge in [-0.15, -0.1) is 0 Å². The minimum atomic E-state index is -0.316. The van der Waals surface area contributed by atoms with E-state index in [1.807, 2.05) is 26.0 Å². The van der Waals surface area contributed by atoms with Crippen molar-refractivity contribution in [1.29, 1.82) is 0 Å². The van der Waals surface area contributed by atoms with Gasteiger partial charge in [0.25, 0.3) is 0 Å². The van der Waals surface area contributed by atoms with E-state index in [2.05, 4.69) is 15.3 Å². The third-order valence-electron chi connectivity index (χ3n) is 3.52. The fraction of sp³-hybridized carbons (Fsp3) is 0.267. The van der Waals surface area contributed by atoms with Gasteiger partial charge in [-0.05, 0) is 26.0 Å². The highest BCUT2D eigenvalue weighted by Crippen LogP contribution is 2.38. The lowest BCUT2D eigenvalue weighted by molar-refractivity contribution is -0.117. The van der Waals surface area contributed by atoms with Crippen LogP contribution in [0.2, 0.25) is 0 Å². The van der Waals surface area contributed by atoms with Gasteiger partial charge in [0.2, 0.25) is 5.91 Å². The standard InChI is InChI=1S/C15H15N3O2/c1-8-4-13-12(7-16-8)11-5-10(20-3)6-17-14(11)9(2)15(19)18-13/h4-7,9H,1-3H3,(H,18,19). The number of nitrogens with one attached hydrogen (secondary N) is 1. The maximum atomic E-state index is 12.2. The van der Waals surface area contributed by atoms with Crippen LogP contribution in [-0.2, 0) is 4.79 Å². The van der Waals surface area contributed by atoms with E-state index >= 15 is 0 Å². The number of ether oxygens (including phenoxy) is 1. The molecule has 0 radical (unpaired) electrons. The first kappa shape index (κ1) is 12.6. The number of aryl methyl sites for hydroxylation is 1. The van der Waals surface area contributed by atoms with Gasteiger partial charge in [0, 0.05) is 23.0 Å². The number of carbonyl (C=O) groups is 1. The molecule has 1 amide bonds. The molecule has 1 atom stereocenters. The first-order valence-corrected chi connectivity index (χ1v) is 6.42. The number of pyridine rings is 2. The number of hydrogen-bond donors (Lipinski definition) is 1. The second-order valence-electron chi connectivity index (χ2n) is 4.89. The van der Waals surface area contributed by atoms with Gasteiger partial charge < -0.3 is 10.1 Å². The third-order valence-corrected chi connectivity index (χ3v) is 3.52. The van der Waals surface area contributed by atoms with Crippen LogP contribution in [-0.4, -0.2) is 23.0 Å². The normalized spacial score (nSPS) is 16.8. The van der Waals surface area contributed by atoms with Crippen LogP contribution in [0.5, 0.6) is 5.75 Å². The molecule has 1 N–H and O–H groups in total. The first-order chi connectivity index (χ1) is 9.60. The Kier molecular flexibility index (Phi) is 2.89. The Morgan fingerprint density at radius 1 is 1.20 bits per heavy atom. The molecule has 0 aliphatic carbocycles. The maximum Gasteiger partial charge on any atom is 0.233 e. The van der Waals surface area contributed by atoms with Crippen molar-refractivity contribution in [1.82, 2.24) is 9.97 Å². The van der Waals surface area contributed by atoms with E-state index in [0.29, 0.717) is 5.75 Å². The number of nitrogens with zero attached hydrogens (tertiary/aromatic N) is 2. The summed E-state index contributed by atoms with van der Waals surface area (Å²) in [4.78, 5) is 20.9. The van der Waals surface area contributed by atoms with E-state index in [1.54, 1.807) is 19.5 Å². The smallest absolute Gasteiger partial charge is 0.233 e. The highest BCUT2D eigenvalue weighted by Gasteiger charge is 2.27. The summed E-state index contributed by atoms with van der Waals surface area (Å²) >= 11 is 0. The van der Waals surface area contributed by atoms with E-state index < -0.39 is 0 Å². The van der Waals surface area contributed by atoms with Crippen LogP contribution in [0.15, 0.2) is 24.5 Å². The van der Waals surface area contributed by atoms with E-state index in [4.69, 9.17) is 4.74 Å². The van der Waals surface area contributed by atoms with Crippen LogP contribution in [0, 0.1) is 6.92 Å². The monoisotopic (exact) mass is 269 g/mol. The number of carbonyl (C=O) groups excluding carboxylic acids is 1. The third kappa shape index (κ3) is 1.91. The molecule has 5 nitrogen and oxygen atoms in total. The van der Waals surface area contributed by atoms with Crippen molar-refractivity contribution < 1.29 is 9.53 Å². The summed E-state index contributed by atoms with van der Waals surface area (Å²) < 4.78 is 5.23. The number of anilines is 1. The Hall–Kier alpha value is -2.43. The molecule has 3 heterocycles. The van der Waals surface area contributed by atoms with Crippen molar-refractivity contribution in [3.8, 4) is 16.9 Å². The van der Waals surface area contributed by atoms with Gasteiger partial charge in [-0.25, -0.2) is 0 Å². The van der Waals surface area contributed by atoms with E-state index in [9.17, 15) is 4.79 Å². The second-order valence-corrected chi connectivity index (χ2v) is 4.89. The fourth-order valence-corrected chi connectivity index (χ4v) is 2.37. The molecule has 102 valence electrons. The molecule has 20 heavy (non-hydrogen) atoms. The summed E-state index contributed by atoms with van der Waals surface area (Å²) in [6.45, 7) is 3.74. The second kappa shape index (κ2) is 4.59. The topological polar surface area (TPSA) is 64.1 Å². The largest absolute Gasteiger partial charge is 0.495 e. The summed E-state index contributed by atoms with van der Waals surface area (Å²) in [7, 11) is 1.60. The average Bonchev–Trinajstić information content (AvgIpc) is 2.55. The molecule has 1 aliphatic heterocycles. The molecule has 1 aliphatic rings. The van der Waals surface area contributed by atoms with E-state index in [0.717, 1.165) is 28.2 Å². The molecule has 0 spiro atoms. The van der Waals surface area contributed by atoms with Crippen LogP contribution in [0.4, 0.5) is 5.69 Å². The lowest BCUT2D eigenvalue weighted by Gasteiger charge is -2.11. The Labute approximate surface area is 117 Å². The molecule has 3 rings (SSSR count). The Balaban J connectivity index is 2.30. The molecule has 1 unspecified atom stereocenters. The molecule has 0 bridgehead atoms. The molecular weight excluding hydrogens is 254 g/mol. The fourth-order valence-electron chi connectivity index (χ4n) is 2.37. The summed E-state index contributed by atoms with van der Waals surface area (Å²) in [5.41, 5.74) is 4.12. The van der Waals surface area contributed by atoms with Crippen molar-refractivity contribution in [2.45, 2.75) is 19.8 Å². The predicted molar refractivity (Wildman–Crippen MR) is 75.8 cm³/mol. The summed E-state index contributed by atoms with van der Waals surface area (Å²) in [6.07, 6.45) is 3.40. The van der Waals surface area contributed by atoms with Crippen LogP contribution in [0.1, 0.15) is 24.2 Å². The van der Waals surface area contributed by atoms with Gasteiger partial charge in [0.1, 0.15) is 5.75 Å². The highest BCUT2D eigenvalue weighted by atomic mass is 16.5. The Bertz CT molecular complexity index is 698. The zero-order valence-corrected chi connectivity index (χ0v) is 11.6. The Morgan fingerprint density at radius 3 is 2.75 bits per heavy atom. The summed E-state index contributed by atoms with van der Waals surface area (Å²) in [5, 5.41) is 2.94. The quantitative estimate of drug-likeness (QED) is 0.864. The van der Waals surface area contributed by atoms with Gasteiger partial charge in [-0.3, -0.25) is 14.8 Å². The summed E-state index contributed by atoms with van der Waals surface area (Å²) in [6, 6.07) is 3.77. The number of aromatic nitrogens is 2. The SMILES string of the molecule is COc1cnc2c(c1)-c1cnc(C)cc1NC(=O)C2C. The minimum Gasteiger partial charge on any atom is -0.495 e. The van der Waals surface area contributed by atoms with Crippen molar-refractivity contribution in [2.75, 3.05) is 12.4 Å². The number of methoxy groups -OCH3 is 1. The summed E-state index contributed by atoms with van der Waals surface area (Å²) in [5.74, 6) is 0.286. The van der Waals surface area contributed by atoms with Crippen LogP contribution < -0.4 is 10.1 Å². The van der Waals surface area contributed by atoms with Crippen LogP contribution in [0.3, 0.4) is 0 Å². The van der Waals surface area contributed by atoms with E-state index in [-0.39, 0.29) is 11.8 Å². The van der Waals surface area contributed by atoms with Crippen molar-refractivity contribution in [3.63, 3.8) is 0 Å². The molecule has 0 saturated carbocycles. The van der Waals surface area contributed by atoms with E-state index in [1.165, 1.54) is 0 Å². The van der Waals surface area contributed by atoms with Gasteiger partial charge in [-0.2, -0.15) is 0 Å². The zero-order valence-electron chi connectivity index (χ0n) is 11.6. The maximum absolute atomic E-state index is 12.2. The predicted octanol–water partition coefficient (Wildman–Crippen LogP) is 2.52. The van der Waals surface area contributed by atoms with Crippen LogP contribution in [0.25, 0.3) is 11.1 Å². The number of rotatable bonds is 1. The number of fused-ring (bicyclic) bond motifs is 3. The number of hydrogen-bond acceptors (Lipinski definition) is 4. The first-order valence-electron chi connectivity index (χ1n) is 6.42.